The van der Waals surface area contributed by atoms with E-state index in [-0.39, 0.29) is 0 Å². The Morgan fingerprint density at radius 3 is 2.64 bits per heavy atom. The van der Waals surface area contributed by atoms with E-state index < -0.39 is 0 Å². The predicted octanol–water partition coefficient (Wildman–Crippen LogP) is 2.02. The molecule has 1 heteroatoms. The predicted molar refractivity (Wildman–Crippen MR) is 56.4 cm³/mol. The van der Waals surface area contributed by atoms with Crippen LogP contribution in [0.4, 0.5) is 0 Å². The average Bonchev–Trinajstić information content (AvgIpc) is 2.25. The topological polar surface area (TPSA) is 17.1 Å². The maximum atomic E-state index is 9.96. The van der Waals surface area contributed by atoms with Gasteiger partial charge in [-0.25, -0.2) is 0 Å². The zero-order chi connectivity index (χ0) is 10.1. The number of benzene rings is 1. The summed E-state index contributed by atoms with van der Waals surface area (Å²) in [5, 5.41) is 0. The molecule has 0 radical (unpaired) electrons. The number of aldehydes is 1. The van der Waals surface area contributed by atoms with Crippen LogP contribution in [0.15, 0.2) is 30.3 Å². The van der Waals surface area contributed by atoms with Crippen LogP contribution in [-0.4, -0.2) is 6.29 Å². The molecule has 1 aromatic carbocycles. The highest BCUT2D eigenvalue weighted by Gasteiger charge is 1.79. The van der Waals surface area contributed by atoms with Crippen molar-refractivity contribution in [2.45, 2.75) is 12.8 Å². The van der Waals surface area contributed by atoms with E-state index in [4.69, 9.17) is 0 Å². The van der Waals surface area contributed by atoms with Gasteiger partial charge in [-0.1, -0.05) is 30.0 Å². The molecule has 0 spiro atoms. The van der Waals surface area contributed by atoms with E-state index in [1.165, 1.54) is 0 Å². The van der Waals surface area contributed by atoms with E-state index in [0.717, 1.165) is 11.8 Å². The van der Waals surface area contributed by atoms with E-state index in [2.05, 4.69) is 23.7 Å². The third-order valence-electron chi connectivity index (χ3n) is 1.52. The van der Waals surface area contributed by atoms with Gasteiger partial charge in [0.15, 0.2) is 0 Å². The van der Waals surface area contributed by atoms with E-state index in [0.29, 0.717) is 12.8 Å². The molecule has 0 saturated heterocycles. The summed E-state index contributed by atoms with van der Waals surface area (Å²) in [6.07, 6.45) is 1.94. The van der Waals surface area contributed by atoms with Gasteiger partial charge in [0.2, 0.25) is 0 Å². The molecule has 1 aromatic rings. The second-order valence-corrected chi connectivity index (χ2v) is 2.62. The molecule has 1 nitrogen and oxygen atoms in total. The molecule has 68 valence electrons. The molecule has 0 fully saturated rings. The van der Waals surface area contributed by atoms with Crippen molar-refractivity contribution in [3.63, 3.8) is 0 Å². The molecule has 0 aromatic heterocycles. The van der Waals surface area contributed by atoms with Gasteiger partial charge in [-0.3, -0.25) is 0 Å². The highest BCUT2D eigenvalue weighted by Crippen LogP contribution is 1.94. The minimum absolute atomic E-state index is 0.486. The lowest BCUT2D eigenvalue weighted by Crippen LogP contribution is -1.71. The Bertz CT molecular complexity index is 396. The zero-order valence-electron chi connectivity index (χ0n) is 7.79. The minimum atomic E-state index is 0.486. The summed E-state index contributed by atoms with van der Waals surface area (Å²) in [5.74, 6) is 11.1. The minimum Gasteiger partial charge on any atom is -0.303 e. The van der Waals surface area contributed by atoms with Crippen LogP contribution in [-0.2, 0) is 4.79 Å². The van der Waals surface area contributed by atoms with Gasteiger partial charge in [0.05, 0.1) is 0 Å². The van der Waals surface area contributed by atoms with Crippen molar-refractivity contribution in [2.75, 3.05) is 0 Å². The molecule has 0 aliphatic carbocycles. The number of carbonyl (C=O) groups excluding carboxylic acids is 1. The first-order valence-electron chi connectivity index (χ1n) is 4.41. The Kier molecular flexibility index (Phi) is 4.70. The van der Waals surface area contributed by atoms with Crippen molar-refractivity contribution < 1.29 is 4.79 Å². The Balaban J connectivity index is 2.47. The van der Waals surface area contributed by atoms with Crippen molar-refractivity contribution in [3.8, 4) is 23.7 Å². The van der Waals surface area contributed by atoms with Crippen LogP contribution in [0, 0.1) is 23.7 Å². The molecule has 1 rings (SSSR count). The number of unbranched alkanes of at least 4 members (excludes halogenated alkanes) is 1. The van der Waals surface area contributed by atoms with Gasteiger partial charge in [-0.2, -0.15) is 0 Å². The Hall–Kier alpha value is -1.99. The second kappa shape index (κ2) is 6.52. The molecule has 0 aliphatic heterocycles. The lowest BCUT2D eigenvalue weighted by atomic mass is 10.2. The SMILES string of the molecule is O=CCCC#CC#Cc1ccccc1. The fraction of sp³-hybridized carbons (Fsp3) is 0.154. The van der Waals surface area contributed by atoms with E-state index in [1.807, 2.05) is 30.3 Å². The lowest BCUT2D eigenvalue weighted by molar-refractivity contribution is -0.107. The first kappa shape index (κ1) is 10.1. The molecule has 0 N–H and O–H groups in total. The van der Waals surface area contributed by atoms with E-state index >= 15 is 0 Å². The second-order valence-electron chi connectivity index (χ2n) is 2.62. The molecule has 0 atom stereocenters. The molecule has 14 heavy (non-hydrogen) atoms. The fourth-order valence-corrected chi connectivity index (χ4v) is 0.863. The molecule has 0 aliphatic rings. The largest absolute Gasteiger partial charge is 0.303 e. The maximum Gasteiger partial charge on any atom is 0.120 e. The molecule has 0 saturated carbocycles. The van der Waals surface area contributed by atoms with Gasteiger partial charge in [0.1, 0.15) is 6.29 Å². The van der Waals surface area contributed by atoms with Crippen molar-refractivity contribution in [1.82, 2.24) is 0 Å². The number of carbonyl (C=O) groups is 1. The molecule has 0 bridgehead atoms. The third kappa shape index (κ3) is 4.14. The summed E-state index contributed by atoms with van der Waals surface area (Å²) in [6, 6.07) is 9.68. The van der Waals surface area contributed by atoms with Crippen molar-refractivity contribution in [3.05, 3.63) is 35.9 Å². The lowest BCUT2D eigenvalue weighted by Gasteiger charge is -1.83. The molecular weight excluding hydrogens is 172 g/mol. The first-order chi connectivity index (χ1) is 6.93. The molecular formula is C13H10O. The van der Waals surface area contributed by atoms with Gasteiger partial charge in [0.25, 0.3) is 0 Å². The number of rotatable bonds is 2. The van der Waals surface area contributed by atoms with Crippen molar-refractivity contribution in [2.24, 2.45) is 0 Å². The molecule has 0 heterocycles. The highest BCUT2D eigenvalue weighted by atomic mass is 16.1. The average molecular weight is 182 g/mol. The van der Waals surface area contributed by atoms with Crippen LogP contribution in [0.25, 0.3) is 0 Å². The highest BCUT2D eigenvalue weighted by molar-refractivity contribution is 5.50. The fourth-order valence-electron chi connectivity index (χ4n) is 0.863. The quantitative estimate of drug-likeness (QED) is 0.388. The standard InChI is InChI=1S/C13H10O/c14-12-8-3-1-2-5-9-13-10-6-4-7-11-13/h4,6-7,10-12H,3,8H2. The van der Waals surface area contributed by atoms with E-state index in [9.17, 15) is 4.79 Å². The monoisotopic (exact) mass is 182 g/mol. The van der Waals surface area contributed by atoms with Gasteiger partial charge in [-0.15, -0.1) is 0 Å². The summed E-state index contributed by atoms with van der Waals surface area (Å²) in [4.78, 5) is 9.96. The van der Waals surface area contributed by atoms with Crippen LogP contribution in [0.3, 0.4) is 0 Å². The third-order valence-corrected chi connectivity index (χ3v) is 1.52. The number of hydrogen-bond acceptors (Lipinski definition) is 1. The van der Waals surface area contributed by atoms with Gasteiger partial charge in [-0.05, 0) is 24.0 Å². The van der Waals surface area contributed by atoms with Crippen LogP contribution in [0.1, 0.15) is 18.4 Å². The molecule has 0 amide bonds. The Morgan fingerprint density at radius 1 is 1.14 bits per heavy atom. The van der Waals surface area contributed by atoms with Crippen LogP contribution < -0.4 is 0 Å². The molecule has 0 unspecified atom stereocenters. The maximum absolute atomic E-state index is 9.96. The van der Waals surface area contributed by atoms with Gasteiger partial charge >= 0.3 is 0 Å². The van der Waals surface area contributed by atoms with Crippen molar-refractivity contribution in [1.29, 1.82) is 0 Å². The zero-order valence-corrected chi connectivity index (χ0v) is 7.79. The normalized spacial score (nSPS) is 7.71. The van der Waals surface area contributed by atoms with Gasteiger partial charge < -0.3 is 4.79 Å². The summed E-state index contributed by atoms with van der Waals surface area (Å²) in [7, 11) is 0. The summed E-state index contributed by atoms with van der Waals surface area (Å²) >= 11 is 0. The van der Waals surface area contributed by atoms with E-state index in [1.54, 1.807) is 0 Å². The summed E-state index contributed by atoms with van der Waals surface area (Å²) in [6.45, 7) is 0. The summed E-state index contributed by atoms with van der Waals surface area (Å²) in [5.41, 5.74) is 0.956. The van der Waals surface area contributed by atoms with Crippen LogP contribution in [0.5, 0.6) is 0 Å². The van der Waals surface area contributed by atoms with Crippen LogP contribution >= 0.6 is 0 Å². The number of hydrogen-bond donors (Lipinski definition) is 0. The smallest absolute Gasteiger partial charge is 0.120 e. The Labute approximate surface area is 84.1 Å². The first-order valence-corrected chi connectivity index (χ1v) is 4.41. The Morgan fingerprint density at radius 2 is 1.93 bits per heavy atom. The summed E-state index contributed by atoms with van der Waals surface area (Å²) < 4.78 is 0. The van der Waals surface area contributed by atoms with Crippen molar-refractivity contribution >= 4 is 6.29 Å². The van der Waals surface area contributed by atoms with Gasteiger partial charge in [0, 0.05) is 18.4 Å². The van der Waals surface area contributed by atoms with Crippen LogP contribution in [0.2, 0.25) is 0 Å².